The topological polar surface area (TPSA) is 91.1 Å². The van der Waals surface area contributed by atoms with Crippen molar-refractivity contribution in [3.05, 3.63) is 100 Å². The van der Waals surface area contributed by atoms with Gasteiger partial charge in [0.2, 0.25) is 5.91 Å². The van der Waals surface area contributed by atoms with E-state index in [1.165, 1.54) is 18.2 Å². The van der Waals surface area contributed by atoms with E-state index in [0.717, 1.165) is 18.5 Å². The largest absolute Gasteiger partial charge is 0.365 e. The first kappa shape index (κ1) is 22.5. The summed E-state index contributed by atoms with van der Waals surface area (Å²) in [5.74, 6) is 0.436. The number of benzene rings is 1. The molecule has 0 spiro atoms. The Balaban J connectivity index is 1.57. The van der Waals surface area contributed by atoms with Crippen LogP contribution < -0.4 is 10.7 Å². The maximum Gasteiger partial charge on any atom is 0.246 e. The number of carbonyl (C=O) groups is 1. The smallest absolute Gasteiger partial charge is 0.246 e. The molecule has 2 aromatic heterocycles. The van der Waals surface area contributed by atoms with Crippen LogP contribution in [0, 0.1) is 5.41 Å². The molecule has 0 aliphatic carbocycles. The number of pyridine rings is 2. The molecule has 1 aliphatic heterocycles. The van der Waals surface area contributed by atoms with Crippen molar-refractivity contribution in [2.24, 2.45) is 0 Å². The van der Waals surface area contributed by atoms with Gasteiger partial charge in [0.25, 0.3) is 0 Å². The molecule has 4 rings (SSSR count). The van der Waals surface area contributed by atoms with Gasteiger partial charge in [0.1, 0.15) is 5.82 Å². The minimum Gasteiger partial charge on any atom is -0.365 e. The molecule has 1 saturated heterocycles. The average Bonchev–Trinajstić information content (AvgIpc) is 2.84. The second-order valence-electron chi connectivity index (χ2n) is 7.85. The number of hydrogen-bond acceptors (Lipinski definition) is 5. The van der Waals surface area contributed by atoms with Gasteiger partial charge in [0, 0.05) is 61.1 Å². The first-order valence-corrected chi connectivity index (χ1v) is 11.0. The Labute approximate surface area is 196 Å². The van der Waals surface area contributed by atoms with E-state index >= 15 is 0 Å². The molecule has 1 aliphatic rings. The Morgan fingerprint density at radius 1 is 1.18 bits per heavy atom. The minimum atomic E-state index is -0.0867. The predicted molar refractivity (Wildman–Crippen MR) is 131 cm³/mol. The number of halogens is 1. The Kier molecular flexibility index (Phi) is 6.70. The van der Waals surface area contributed by atoms with Gasteiger partial charge in [-0.05, 0) is 37.1 Å². The summed E-state index contributed by atoms with van der Waals surface area (Å²) in [6, 6.07) is 12.1. The Bertz CT molecular complexity index is 1230. The molecule has 0 unspecified atom stereocenters. The molecule has 2 N–H and O–H groups in total. The SMILES string of the molecule is C=CC(=O)N1CCC[C@@H](Nc2nccc(Cl)c2C(=N)c2ccc(-n3ccc(=O)cc3)cc2)C1. The maximum absolute atomic E-state index is 12.0. The third-order valence-electron chi connectivity index (χ3n) is 5.65. The van der Waals surface area contributed by atoms with Crippen LogP contribution in [0.2, 0.25) is 5.02 Å². The molecule has 1 amide bonds. The summed E-state index contributed by atoms with van der Waals surface area (Å²) in [6.07, 6.45) is 8.10. The molecule has 0 radical (unpaired) electrons. The lowest BCUT2D eigenvalue weighted by molar-refractivity contribution is -0.127. The first-order chi connectivity index (χ1) is 16.0. The van der Waals surface area contributed by atoms with E-state index in [0.29, 0.717) is 35.1 Å². The monoisotopic (exact) mass is 461 g/mol. The summed E-state index contributed by atoms with van der Waals surface area (Å²) >= 11 is 6.50. The van der Waals surface area contributed by atoms with Crippen molar-refractivity contribution in [2.45, 2.75) is 18.9 Å². The average molecular weight is 462 g/mol. The van der Waals surface area contributed by atoms with Gasteiger partial charge in [-0.3, -0.25) is 15.0 Å². The number of rotatable bonds is 6. The van der Waals surface area contributed by atoms with Gasteiger partial charge >= 0.3 is 0 Å². The van der Waals surface area contributed by atoms with Crippen LogP contribution in [0.15, 0.2) is 78.5 Å². The molecule has 1 fully saturated rings. The number of amides is 1. The summed E-state index contributed by atoms with van der Waals surface area (Å²) in [5.41, 5.74) is 2.27. The van der Waals surface area contributed by atoms with Crippen LogP contribution in [0.1, 0.15) is 24.0 Å². The summed E-state index contributed by atoms with van der Waals surface area (Å²) in [5, 5.41) is 12.6. The lowest BCUT2D eigenvalue weighted by atomic mass is 10.0. The van der Waals surface area contributed by atoms with Gasteiger partial charge in [0.15, 0.2) is 5.43 Å². The third kappa shape index (κ3) is 5.04. The molecular weight excluding hydrogens is 438 g/mol. The van der Waals surface area contributed by atoms with Gasteiger partial charge in [-0.25, -0.2) is 4.98 Å². The van der Waals surface area contributed by atoms with Crippen molar-refractivity contribution < 1.29 is 4.79 Å². The lowest BCUT2D eigenvalue weighted by Crippen LogP contribution is -2.44. The van der Waals surface area contributed by atoms with Crippen molar-refractivity contribution in [2.75, 3.05) is 18.4 Å². The van der Waals surface area contributed by atoms with Crippen molar-refractivity contribution in [1.29, 1.82) is 5.41 Å². The number of hydrogen-bond donors (Lipinski definition) is 2. The molecule has 1 aromatic carbocycles. The summed E-state index contributed by atoms with van der Waals surface area (Å²) in [4.78, 5) is 29.6. The predicted octanol–water partition coefficient (Wildman–Crippen LogP) is 3.89. The molecule has 8 heteroatoms. The second-order valence-corrected chi connectivity index (χ2v) is 8.26. The molecule has 7 nitrogen and oxygen atoms in total. The number of anilines is 1. The van der Waals surface area contributed by atoms with Crippen molar-refractivity contribution in [3.8, 4) is 5.69 Å². The van der Waals surface area contributed by atoms with Crippen LogP contribution in [0.3, 0.4) is 0 Å². The van der Waals surface area contributed by atoms with E-state index in [-0.39, 0.29) is 23.1 Å². The Hall–Kier alpha value is -3.71. The number of likely N-dealkylation sites (tertiary alicyclic amines) is 1. The first-order valence-electron chi connectivity index (χ1n) is 10.7. The second kappa shape index (κ2) is 9.83. The van der Waals surface area contributed by atoms with Crippen molar-refractivity contribution >= 4 is 29.0 Å². The minimum absolute atomic E-state index is 0.00271. The van der Waals surface area contributed by atoms with E-state index in [9.17, 15) is 9.59 Å². The van der Waals surface area contributed by atoms with Crippen molar-refractivity contribution in [1.82, 2.24) is 14.5 Å². The van der Waals surface area contributed by atoms with E-state index in [1.807, 2.05) is 28.8 Å². The number of piperidine rings is 1. The maximum atomic E-state index is 12.0. The van der Waals surface area contributed by atoms with E-state index < -0.39 is 0 Å². The van der Waals surface area contributed by atoms with E-state index in [4.69, 9.17) is 17.0 Å². The molecule has 33 heavy (non-hydrogen) atoms. The van der Waals surface area contributed by atoms with Gasteiger partial charge in [0.05, 0.1) is 16.3 Å². The fraction of sp³-hybridized carbons (Fsp3) is 0.200. The zero-order chi connectivity index (χ0) is 23.4. The summed E-state index contributed by atoms with van der Waals surface area (Å²) in [6.45, 7) is 4.82. The van der Waals surface area contributed by atoms with Crippen LogP contribution in [0.5, 0.6) is 0 Å². The fourth-order valence-corrected chi connectivity index (χ4v) is 4.17. The van der Waals surface area contributed by atoms with Crippen LogP contribution >= 0.6 is 11.6 Å². The highest BCUT2D eigenvalue weighted by Crippen LogP contribution is 2.27. The fourth-order valence-electron chi connectivity index (χ4n) is 3.93. The number of nitrogens with zero attached hydrogens (tertiary/aromatic N) is 3. The van der Waals surface area contributed by atoms with Gasteiger partial charge in [-0.2, -0.15) is 0 Å². The van der Waals surface area contributed by atoms with Crippen LogP contribution in [-0.2, 0) is 4.79 Å². The number of carbonyl (C=O) groups excluding carboxylic acids is 1. The molecular formula is C25H24ClN5O2. The normalized spacial score (nSPS) is 15.7. The van der Waals surface area contributed by atoms with Gasteiger partial charge < -0.3 is 14.8 Å². The number of aromatic nitrogens is 2. The van der Waals surface area contributed by atoms with Gasteiger partial charge in [-0.15, -0.1) is 0 Å². The Morgan fingerprint density at radius 2 is 1.91 bits per heavy atom. The zero-order valence-electron chi connectivity index (χ0n) is 18.0. The molecule has 3 aromatic rings. The summed E-state index contributed by atoms with van der Waals surface area (Å²) in [7, 11) is 0. The third-order valence-corrected chi connectivity index (χ3v) is 5.97. The van der Waals surface area contributed by atoms with Crippen molar-refractivity contribution in [3.63, 3.8) is 0 Å². The molecule has 0 saturated carbocycles. The number of nitrogens with one attached hydrogen (secondary N) is 2. The molecule has 1 atom stereocenters. The van der Waals surface area contributed by atoms with Crippen LogP contribution in [0.4, 0.5) is 5.82 Å². The van der Waals surface area contributed by atoms with Crippen LogP contribution in [-0.4, -0.2) is 45.2 Å². The molecule has 3 heterocycles. The quantitative estimate of drug-likeness (QED) is 0.430. The highest BCUT2D eigenvalue weighted by atomic mass is 35.5. The van der Waals surface area contributed by atoms with E-state index in [2.05, 4.69) is 16.9 Å². The summed E-state index contributed by atoms with van der Waals surface area (Å²) < 4.78 is 1.83. The van der Waals surface area contributed by atoms with Gasteiger partial charge in [-0.1, -0.05) is 30.3 Å². The van der Waals surface area contributed by atoms with Crippen LogP contribution in [0.25, 0.3) is 5.69 Å². The lowest BCUT2D eigenvalue weighted by Gasteiger charge is -2.33. The molecule has 168 valence electrons. The molecule has 0 bridgehead atoms. The zero-order valence-corrected chi connectivity index (χ0v) is 18.8. The standard InChI is InChI=1S/C25H24ClN5O2/c1-2-22(33)31-13-3-4-18(16-31)29-25-23(21(26)9-12-28-25)24(27)17-5-7-19(8-6-17)30-14-10-20(32)11-15-30/h2,5-12,14-15,18,27H,1,3-4,13,16H2,(H,28,29)/t18-/m1/s1. The highest BCUT2D eigenvalue weighted by Gasteiger charge is 2.24. The highest BCUT2D eigenvalue weighted by molar-refractivity contribution is 6.36. The van der Waals surface area contributed by atoms with E-state index in [1.54, 1.807) is 29.6 Å². The Morgan fingerprint density at radius 3 is 2.61 bits per heavy atom.